The molecule has 0 radical (unpaired) electrons. The van der Waals surface area contributed by atoms with Crippen LogP contribution in [0.15, 0.2) is 47.1 Å². The number of benzene rings is 1. The zero-order valence-electron chi connectivity index (χ0n) is 14.9. The van der Waals surface area contributed by atoms with E-state index in [9.17, 15) is 4.79 Å². The number of nitrogens with zero attached hydrogens (tertiary/aromatic N) is 4. The van der Waals surface area contributed by atoms with Crippen LogP contribution in [0.25, 0.3) is 23.0 Å². The Balaban J connectivity index is 1.53. The molecule has 1 fully saturated rings. The Hall–Kier alpha value is -2.89. The van der Waals surface area contributed by atoms with Crippen molar-refractivity contribution in [3.8, 4) is 23.0 Å². The van der Waals surface area contributed by atoms with Crippen LogP contribution in [0.5, 0.6) is 0 Å². The highest BCUT2D eigenvalue weighted by Crippen LogP contribution is 2.23. The summed E-state index contributed by atoms with van der Waals surface area (Å²) >= 11 is 0. The molecule has 1 saturated heterocycles. The Kier molecular flexibility index (Phi) is 4.56. The van der Waals surface area contributed by atoms with Crippen molar-refractivity contribution in [1.82, 2.24) is 19.6 Å². The van der Waals surface area contributed by atoms with Gasteiger partial charge in [0.1, 0.15) is 12.2 Å². The van der Waals surface area contributed by atoms with E-state index in [4.69, 9.17) is 4.52 Å². The van der Waals surface area contributed by atoms with Crippen LogP contribution in [0.2, 0.25) is 0 Å². The number of hydrogen-bond donors (Lipinski definition) is 0. The molecule has 1 aliphatic rings. The van der Waals surface area contributed by atoms with Gasteiger partial charge in [0.2, 0.25) is 11.7 Å². The molecule has 3 heterocycles. The Morgan fingerprint density at radius 3 is 2.65 bits per heavy atom. The standard InChI is InChI=1S/C20H22N4O2/c1-15-7-9-16(10-8-15)19-21-20(26-22-19)17-6-5-13-24(17)14-18(25)23-11-3-2-4-12-23/h5-10,13H,2-4,11-12,14H2,1H3. The monoisotopic (exact) mass is 350 g/mol. The Bertz CT molecular complexity index is 889. The molecule has 26 heavy (non-hydrogen) atoms. The molecular weight excluding hydrogens is 328 g/mol. The van der Waals surface area contributed by atoms with E-state index in [0.717, 1.165) is 37.2 Å². The number of aryl methyl sites for hydroxylation is 1. The minimum atomic E-state index is 0.139. The minimum absolute atomic E-state index is 0.139. The Morgan fingerprint density at radius 2 is 1.88 bits per heavy atom. The first-order valence-corrected chi connectivity index (χ1v) is 9.05. The SMILES string of the molecule is Cc1ccc(-c2noc(-c3cccn3CC(=O)N3CCCCC3)n2)cc1. The molecule has 6 nitrogen and oxygen atoms in total. The highest BCUT2D eigenvalue weighted by Gasteiger charge is 2.19. The van der Waals surface area contributed by atoms with Crippen molar-refractivity contribution in [1.29, 1.82) is 0 Å². The Labute approximate surface area is 152 Å². The third-order valence-electron chi connectivity index (χ3n) is 4.80. The molecule has 4 rings (SSSR count). The first-order valence-electron chi connectivity index (χ1n) is 9.05. The summed E-state index contributed by atoms with van der Waals surface area (Å²) in [4.78, 5) is 19.0. The number of likely N-dealkylation sites (tertiary alicyclic amines) is 1. The topological polar surface area (TPSA) is 64.2 Å². The molecule has 0 N–H and O–H groups in total. The molecule has 1 amide bonds. The zero-order valence-corrected chi connectivity index (χ0v) is 14.9. The number of piperidine rings is 1. The molecule has 0 spiro atoms. The van der Waals surface area contributed by atoms with Crippen LogP contribution in [-0.4, -0.2) is 38.6 Å². The molecule has 0 saturated carbocycles. The summed E-state index contributed by atoms with van der Waals surface area (Å²) in [5.41, 5.74) is 2.86. The first kappa shape index (κ1) is 16.6. The van der Waals surface area contributed by atoms with Gasteiger partial charge in [-0.15, -0.1) is 0 Å². The summed E-state index contributed by atoms with van der Waals surface area (Å²) < 4.78 is 7.33. The quantitative estimate of drug-likeness (QED) is 0.722. The number of aromatic nitrogens is 3. The maximum absolute atomic E-state index is 12.5. The van der Waals surface area contributed by atoms with Gasteiger partial charge in [0.25, 0.3) is 5.89 Å². The average Bonchev–Trinajstić information content (AvgIpc) is 3.32. The summed E-state index contributed by atoms with van der Waals surface area (Å²) in [7, 11) is 0. The lowest BCUT2D eigenvalue weighted by molar-refractivity contribution is -0.132. The number of rotatable bonds is 4. The van der Waals surface area contributed by atoms with E-state index in [1.165, 1.54) is 12.0 Å². The summed E-state index contributed by atoms with van der Waals surface area (Å²) in [6.45, 7) is 4.05. The molecule has 3 aromatic rings. The second-order valence-corrected chi connectivity index (χ2v) is 6.75. The second kappa shape index (κ2) is 7.15. The van der Waals surface area contributed by atoms with Crippen LogP contribution in [0.1, 0.15) is 24.8 Å². The number of hydrogen-bond acceptors (Lipinski definition) is 4. The van der Waals surface area contributed by atoms with E-state index >= 15 is 0 Å². The normalized spacial score (nSPS) is 14.6. The molecule has 0 atom stereocenters. The van der Waals surface area contributed by atoms with Crippen LogP contribution in [0.3, 0.4) is 0 Å². The van der Waals surface area contributed by atoms with Crippen LogP contribution < -0.4 is 0 Å². The number of carbonyl (C=O) groups excluding carboxylic acids is 1. The fourth-order valence-electron chi connectivity index (χ4n) is 3.28. The van der Waals surface area contributed by atoms with Gasteiger partial charge in [-0.3, -0.25) is 4.79 Å². The van der Waals surface area contributed by atoms with Crippen molar-refractivity contribution in [3.05, 3.63) is 48.2 Å². The van der Waals surface area contributed by atoms with E-state index < -0.39 is 0 Å². The van der Waals surface area contributed by atoms with Crippen molar-refractivity contribution in [2.24, 2.45) is 0 Å². The first-order chi connectivity index (χ1) is 12.7. The smallest absolute Gasteiger partial charge is 0.274 e. The van der Waals surface area contributed by atoms with Crippen LogP contribution in [0, 0.1) is 6.92 Å². The molecule has 0 bridgehead atoms. The predicted octanol–water partition coefficient (Wildman–Crippen LogP) is 3.53. The lowest BCUT2D eigenvalue weighted by Gasteiger charge is -2.27. The summed E-state index contributed by atoms with van der Waals surface area (Å²) in [6.07, 6.45) is 5.27. The molecule has 0 unspecified atom stereocenters. The van der Waals surface area contributed by atoms with Crippen molar-refractivity contribution < 1.29 is 9.32 Å². The van der Waals surface area contributed by atoms with Gasteiger partial charge in [0.15, 0.2) is 0 Å². The van der Waals surface area contributed by atoms with E-state index in [1.54, 1.807) is 0 Å². The maximum atomic E-state index is 12.5. The summed E-state index contributed by atoms with van der Waals surface area (Å²) in [6, 6.07) is 11.8. The third kappa shape index (κ3) is 3.40. The Morgan fingerprint density at radius 1 is 1.12 bits per heavy atom. The third-order valence-corrected chi connectivity index (χ3v) is 4.80. The number of amides is 1. The molecule has 0 aliphatic carbocycles. The molecule has 6 heteroatoms. The van der Waals surface area contributed by atoms with Crippen LogP contribution in [0.4, 0.5) is 0 Å². The fraction of sp³-hybridized carbons (Fsp3) is 0.350. The van der Waals surface area contributed by atoms with Gasteiger partial charge in [-0.2, -0.15) is 4.98 Å². The minimum Gasteiger partial charge on any atom is -0.341 e. The van der Waals surface area contributed by atoms with E-state index in [2.05, 4.69) is 10.1 Å². The highest BCUT2D eigenvalue weighted by atomic mass is 16.5. The molecule has 134 valence electrons. The number of carbonyl (C=O) groups is 1. The summed E-state index contributed by atoms with van der Waals surface area (Å²) in [5.74, 6) is 1.12. The van der Waals surface area contributed by atoms with Crippen molar-refractivity contribution in [3.63, 3.8) is 0 Å². The van der Waals surface area contributed by atoms with Crippen LogP contribution in [-0.2, 0) is 11.3 Å². The van der Waals surface area contributed by atoms with Gasteiger partial charge < -0.3 is 14.0 Å². The summed E-state index contributed by atoms with van der Waals surface area (Å²) in [5, 5.41) is 4.09. The molecule has 1 aliphatic heterocycles. The fourth-order valence-corrected chi connectivity index (χ4v) is 3.28. The van der Waals surface area contributed by atoms with Crippen molar-refractivity contribution >= 4 is 5.91 Å². The van der Waals surface area contributed by atoms with Gasteiger partial charge >= 0.3 is 0 Å². The van der Waals surface area contributed by atoms with Gasteiger partial charge in [0, 0.05) is 24.8 Å². The van der Waals surface area contributed by atoms with Crippen molar-refractivity contribution in [2.75, 3.05) is 13.1 Å². The van der Waals surface area contributed by atoms with E-state index in [0.29, 0.717) is 18.3 Å². The highest BCUT2D eigenvalue weighted by molar-refractivity contribution is 5.76. The zero-order chi connectivity index (χ0) is 17.9. The maximum Gasteiger partial charge on any atom is 0.274 e. The lowest BCUT2D eigenvalue weighted by Crippen LogP contribution is -2.37. The molecule has 1 aromatic carbocycles. The van der Waals surface area contributed by atoms with Crippen molar-refractivity contribution in [2.45, 2.75) is 32.7 Å². The van der Waals surface area contributed by atoms with Gasteiger partial charge in [0.05, 0.1) is 0 Å². The average molecular weight is 350 g/mol. The molecular formula is C20H22N4O2. The molecule has 2 aromatic heterocycles. The van der Waals surface area contributed by atoms with Gasteiger partial charge in [-0.1, -0.05) is 35.0 Å². The van der Waals surface area contributed by atoms with Gasteiger partial charge in [-0.25, -0.2) is 0 Å². The van der Waals surface area contributed by atoms with E-state index in [1.807, 2.05) is 59.0 Å². The predicted molar refractivity (Wildman–Crippen MR) is 98.3 cm³/mol. The lowest BCUT2D eigenvalue weighted by atomic mass is 10.1. The van der Waals surface area contributed by atoms with Crippen LogP contribution >= 0.6 is 0 Å². The second-order valence-electron chi connectivity index (χ2n) is 6.75. The largest absolute Gasteiger partial charge is 0.341 e. The van der Waals surface area contributed by atoms with E-state index in [-0.39, 0.29) is 5.91 Å². The van der Waals surface area contributed by atoms with Gasteiger partial charge in [-0.05, 0) is 38.3 Å².